The van der Waals surface area contributed by atoms with Gasteiger partial charge in [0.05, 0.1) is 12.7 Å². The summed E-state index contributed by atoms with van der Waals surface area (Å²) < 4.78 is 5.26. The molecule has 2 N–H and O–H groups in total. The van der Waals surface area contributed by atoms with Crippen molar-refractivity contribution < 1.29 is 14.3 Å². The summed E-state index contributed by atoms with van der Waals surface area (Å²) >= 11 is 0. The standard InChI is InChI=1S/C21H17NO3/c1-25-20-10-7-14(13-23)11-18(20)21(24)17-12-16(8-9-19(17)22)15-5-3-2-4-6-15/h2-13H,22H2,1H3. The minimum Gasteiger partial charge on any atom is -0.496 e. The van der Waals surface area contributed by atoms with Crippen molar-refractivity contribution in [3.05, 3.63) is 83.4 Å². The molecule has 3 rings (SSSR count). The largest absolute Gasteiger partial charge is 0.496 e. The Kier molecular flexibility index (Phi) is 4.61. The number of nitrogen functional groups attached to an aromatic ring is 1. The van der Waals surface area contributed by atoms with Crippen LogP contribution >= 0.6 is 0 Å². The molecule has 0 spiro atoms. The van der Waals surface area contributed by atoms with Gasteiger partial charge in [-0.05, 0) is 41.5 Å². The number of carbonyl (C=O) groups is 2. The van der Waals surface area contributed by atoms with Crippen molar-refractivity contribution in [2.24, 2.45) is 0 Å². The lowest BCUT2D eigenvalue weighted by Gasteiger charge is -2.11. The van der Waals surface area contributed by atoms with E-state index >= 15 is 0 Å². The van der Waals surface area contributed by atoms with Crippen molar-refractivity contribution in [3.8, 4) is 16.9 Å². The molecule has 3 aromatic carbocycles. The number of benzene rings is 3. The molecule has 0 saturated carbocycles. The van der Waals surface area contributed by atoms with Gasteiger partial charge in [0.25, 0.3) is 0 Å². The van der Waals surface area contributed by atoms with E-state index in [2.05, 4.69) is 0 Å². The molecule has 0 aromatic heterocycles. The Morgan fingerprint density at radius 1 is 0.920 bits per heavy atom. The third-order valence-corrected chi connectivity index (χ3v) is 4.01. The predicted octanol–water partition coefficient (Wildman–Crippen LogP) is 3.99. The lowest BCUT2D eigenvalue weighted by molar-refractivity contribution is 0.103. The molecule has 124 valence electrons. The summed E-state index contributed by atoms with van der Waals surface area (Å²) in [5.74, 6) is 0.121. The highest BCUT2D eigenvalue weighted by Gasteiger charge is 2.18. The highest BCUT2D eigenvalue weighted by atomic mass is 16.5. The first-order valence-corrected chi connectivity index (χ1v) is 7.77. The van der Waals surface area contributed by atoms with E-state index in [9.17, 15) is 9.59 Å². The van der Waals surface area contributed by atoms with Crippen LogP contribution in [0.5, 0.6) is 5.75 Å². The van der Waals surface area contributed by atoms with E-state index < -0.39 is 0 Å². The van der Waals surface area contributed by atoms with Crippen molar-refractivity contribution in [1.29, 1.82) is 0 Å². The zero-order valence-electron chi connectivity index (χ0n) is 13.7. The number of hydrogen-bond acceptors (Lipinski definition) is 4. The second-order valence-corrected chi connectivity index (χ2v) is 5.57. The fraction of sp³-hybridized carbons (Fsp3) is 0.0476. The van der Waals surface area contributed by atoms with E-state index in [0.29, 0.717) is 34.4 Å². The molecule has 0 heterocycles. The molecule has 0 unspecified atom stereocenters. The summed E-state index contributed by atoms with van der Waals surface area (Å²) in [4.78, 5) is 24.1. The van der Waals surface area contributed by atoms with E-state index in [1.165, 1.54) is 13.2 Å². The van der Waals surface area contributed by atoms with Crippen LogP contribution in [0.3, 0.4) is 0 Å². The normalized spacial score (nSPS) is 10.3. The van der Waals surface area contributed by atoms with Gasteiger partial charge in [0.1, 0.15) is 12.0 Å². The third kappa shape index (κ3) is 3.28. The Morgan fingerprint density at radius 2 is 1.68 bits per heavy atom. The monoisotopic (exact) mass is 331 g/mol. The zero-order valence-corrected chi connectivity index (χ0v) is 13.7. The van der Waals surface area contributed by atoms with Crippen molar-refractivity contribution in [3.63, 3.8) is 0 Å². The fourth-order valence-electron chi connectivity index (χ4n) is 2.68. The Labute approximate surface area is 145 Å². The van der Waals surface area contributed by atoms with Gasteiger partial charge in [-0.25, -0.2) is 0 Å². The van der Waals surface area contributed by atoms with Crippen LogP contribution in [0.15, 0.2) is 66.7 Å². The highest BCUT2D eigenvalue weighted by Crippen LogP contribution is 2.28. The smallest absolute Gasteiger partial charge is 0.198 e. The molecular formula is C21H17NO3. The number of ketones is 1. The van der Waals surface area contributed by atoms with E-state index in [0.717, 1.165) is 11.1 Å². The number of carbonyl (C=O) groups excluding carboxylic acids is 2. The van der Waals surface area contributed by atoms with Crippen LogP contribution in [0.25, 0.3) is 11.1 Å². The van der Waals surface area contributed by atoms with Gasteiger partial charge in [-0.15, -0.1) is 0 Å². The average molecular weight is 331 g/mol. The summed E-state index contributed by atoms with van der Waals surface area (Å²) in [6.07, 6.45) is 0.694. The van der Waals surface area contributed by atoms with Crippen LogP contribution in [0, 0.1) is 0 Å². The number of aldehydes is 1. The Bertz CT molecular complexity index is 933. The van der Waals surface area contributed by atoms with Crippen LogP contribution < -0.4 is 10.5 Å². The van der Waals surface area contributed by atoms with Crippen molar-refractivity contribution >= 4 is 17.8 Å². The Morgan fingerprint density at radius 3 is 2.36 bits per heavy atom. The van der Waals surface area contributed by atoms with Gasteiger partial charge in [0.2, 0.25) is 0 Å². The predicted molar refractivity (Wildman–Crippen MR) is 98.1 cm³/mol. The number of rotatable bonds is 5. The van der Waals surface area contributed by atoms with Crippen molar-refractivity contribution in [2.75, 3.05) is 12.8 Å². The van der Waals surface area contributed by atoms with Crippen LogP contribution in [-0.2, 0) is 0 Å². The quantitative estimate of drug-likeness (QED) is 0.436. The van der Waals surface area contributed by atoms with Gasteiger partial charge in [0.15, 0.2) is 5.78 Å². The molecule has 4 nitrogen and oxygen atoms in total. The van der Waals surface area contributed by atoms with Gasteiger partial charge >= 0.3 is 0 Å². The topological polar surface area (TPSA) is 69.4 Å². The molecule has 4 heteroatoms. The van der Waals surface area contributed by atoms with Gasteiger partial charge in [0, 0.05) is 16.8 Å². The minimum absolute atomic E-state index is 0.282. The van der Waals surface area contributed by atoms with E-state index in [1.54, 1.807) is 24.3 Å². The Balaban J connectivity index is 2.10. The lowest BCUT2D eigenvalue weighted by atomic mass is 9.95. The Hall–Kier alpha value is -3.40. The second-order valence-electron chi connectivity index (χ2n) is 5.57. The number of ether oxygens (including phenoxy) is 1. The van der Waals surface area contributed by atoms with Crippen LogP contribution in [0.1, 0.15) is 26.3 Å². The van der Waals surface area contributed by atoms with E-state index in [4.69, 9.17) is 10.5 Å². The van der Waals surface area contributed by atoms with Crippen LogP contribution in [0.4, 0.5) is 5.69 Å². The van der Waals surface area contributed by atoms with Crippen LogP contribution in [-0.4, -0.2) is 19.2 Å². The first kappa shape index (κ1) is 16.5. The lowest BCUT2D eigenvalue weighted by Crippen LogP contribution is -2.08. The number of anilines is 1. The number of nitrogens with two attached hydrogens (primary N) is 1. The highest BCUT2D eigenvalue weighted by molar-refractivity contribution is 6.14. The fourth-order valence-corrected chi connectivity index (χ4v) is 2.68. The second kappa shape index (κ2) is 7.01. The molecule has 0 aliphatic rings. The molecule has 0 radical (unpaired) electrons. The molecule has 0 fully saturated rings. The molecule has 0 atom stereocenters. The molecular weight excluding hydrogens is 314 g/mol. The van der Waals surface area contributed by atoms with Gasteiger partial charge in [-0.2, -0.15) is 0 Å². The van der Waals surface area contributed by atoms with Gasteiger partial charge in [-0.1, -0.05) is 36.4 Å². The maximum absolute atomic E-state index is 13.0. The maximum Gasteiger partial charge on any atom is 0.198 e. The molecule has 0 bridgehead atoms. The molecule has 0 amide bonds. The first-order chi connectivity index (χ1) is 12.1. The molecule has 0 aliphatic heterocycles. The average Bonchev–Trinajstić information content (AvgIpc) is 2.68. The van der Waals surface area contributed by atoms with E-state index in [1.807, 2.05) is 36.4 Å². The SMILES string of the molecule is COc1ccc(C=O)cc1C(=O)c1cc(-c2ccccc2)ccc1N. The summed E-state index contributed by atoms with van der Waals surface area (Å²) in [7, 11) is 1.48. The maximum atomic E-state index is 13.0. The summed E-state index contributed by atoms with van der Waals surface area (Å²) in [6.45, 7) is 0. The summed E-state index contributed by atoms with van der Waals surface area (Å²) in [6, 6.07) is 19.8. The minimum atomic E-state index is -0.282. The summed E-state index contributed by atoms with van der Waals surface area (Å²) in [5, 5.41) is 0. The zero-order chi connectivity index (χ0) is 17.8. The van der Waals surface area contributed by atoms with E-state index in [-0.39, 0.29) is 5.78 Å². The number of methoxy groups -OCH3 is 1. The third-order valence-electron chi connectivity index (χ3n) is 4.01. The summed E-state index contributed by atoms with van der Waals surface area (Å²) in [5.41, 5.74) is 9.39. The van der Waals surface area contributed by atoms with Crippen molar-refractivity contribution in [1.82, 2.24) is 0 Å². The first-order valence-electron chi connectivity index (χ1n) is 7.77. The van der Waals surface area contributed by atoms with Crippen molar-refractivity contribution in [2.45, 2.75) is 0 Å². The van der Waals surface area contributed by atoms with Crippen LogP contribution in [0.2, 0.25) is 0 Å². The number of hydrogen-bond donors (Lipinski definition) is 1. The molecule has 3 aromatic rings. The molecule has 25 heavy (non-hydrogen) atoms. The molecule has 0 aliphatic carbocycles. The van der Waals surface area contributed by atoms with Gasteiger partial charge < -0.3 is 10.5 Å². The van der Waals surface area contributed by atoms with Gasteiger partial charge in [-0.3, -0.25) is 9.59 Å². The molecule has 0 saturated heterocycles.